The third-order valence-corrected chi connectivity index (χ3v) is 4.25. The van der Waals surface area contributed by atoms with Crippen LogP contribution in [0.1, 0.15) is 69.1 Å². The molecule has 0 radical (unpaired) electrons. The summed E-state index contributed by atoms with van der Waals surface area (Å²) < 4.78 is 5.73. The van der Waals surface area contributed by atoms with Crippen molar-refractivity contribution >= 4 is 0 Å². The molecule has 1 nitrogen and oxygen atoms in total. The van der Waals surface area contributed by atoms with E-state index in [9.17, 15) is 0 Å². The predicted molar refractivity (Wildman–Crippen MR) is 107 cm³/mol. The van der Waals surface area contributed by atoms with Gasteiger partial charge in [-0.05, 0) is 61.2 Å². The van der Waals surface area contributed by atoms with Crippen molar-refractivity contribution in [2.24, 2.45) is 0 Å². The zero-order valence-electron chi connectivity index (χ0n) is 15.7. The van der Waals surface area contributed by atoms with E-state index in [2.05, 4.69) is 50.0 Å². The van der Waals surface area contributed by atoms with Gasteiger partial charge < -0.3 is 4.74 Å². The standard InChI is InChI=1S/C24H30O/c1-3-5-7-9-21-10-12-22(13-11-21)14-15-23-16-18-24(19-17-23)25-20-8-6-4-2/h10-13,16-19H,3-9,20H2,1-2H3. The molecule has 0 aliphatic carbocycles. The molecule has 0 N–H and O–H groups in total. The van der Waals surface area contributed by atoms with E-state index in [4.69, 9.17) is 4.74 Å². The molecule has 0 spiro atoms. The van der Waals surface area contributed by atoms with Crippen molar-refractivity contribution in [3.05, 3.63) is 65.2 Å². The van der Waals surface area contributed by atoms with E-state index in [-0.39, 0.29) is 0 Å². The third kappa shape index (κ3) is 7.48. The average molecular weight is 335 g/mol. The van der Waals surface area contributed by atoms with E-state index in [1.54, 1.807) is 0 Å². The second-order valence-electron chi connectivity index (χ2n) is 6.48. The number of benzene rings is 2. The molecule has 25 heavy (non-hydrogen) atoms. The van der Waals surface area contributed by atoms with E-state index in [1.165, 1.54) is 44.1 Å². The fourth-order valence-corrected chi connectivity index (χ4v) is 2.65. The van der Waals surface area contributed by atoms with Gasteiger partial charge in [0.15, 0.2) is 0 Å². The van der Waals surface area contributed by atoms with Crippen molar-refractivity contribution in [1.82, 2.24) is 0 Å². The van der Waals surface area contributed by atoms with Gasteiger partial charge in [-0.25, -0.2) is 0 Å². The second-order valence-corrected chi connectivity index (χ2v) is 6.48. The molecule has 0 aliphatic heterocycles. The monoisotopic (exact) mass is 334 g/mol. The summed E-state index contributed by atoms with van der Waals surface area (Å²) in [4.78, 5) is 0. The molecule has 1 heteroatoms. The Morgan fingerprint density at radius 2 is 1.24 bits per heavy atom. The van der Waals surface area contributed by atoms with Gasteiger partial charge in [0.25, 0.3) is 0 Å². The van der Waals surface area contributed by atoms with Crippen LogP contribution in [0.4, 0.5) is 0 Å². The fraction of sp³-hybridized carbons (Fsp3) is 0.417. The Morgan fingerprint density at radius 1 is 0.680 bits per heavy atom. The first-order valence-electron chi connectivity index (χ1n) is 9.65. The topological polar surface area (TPSA) is 9.23 Å². The number of rotatable bonds is 9. The molecule has 0 aliphatic rings. The van der Waals surface area contributed by atoms with Crippen LogP contribution in [0.5, 0.6) is 5.75 Å². The summed E-state index contributed by atoms with van der Waals surface area (Å²) in [6, 6.07) is 16.7. The highest BCUT2D eigenvalue weighted by Gasteiger charge is 1.95. The van der Waals surface area contributed by atoms with Crippen LogP contribution in [0.2, 0.25) is 0 Å². The molecule has 0 bridgehead atoms. The van der Waals surface area contributed by atoms with Gasteiger partial charge in [0, 0.05) is 11.1 Å². The summed E-state index contributed by atoms with van der Waals surface area (Å²) in [6.45, 7) is 5.24. The second kappa shape index (κ2) is 11.4. The largest absolute Gasteiger partial charge is 0.494 e. The minimum atomic E-state index is 0.795. The molecule has 132 valence electrons. The molecule has 0 unspecified atom stereocenters. The fourth-order valence-electron chi connectivity index (χ4n) is 2.65. The van der Waals surface area contributed by atoms with Gasteiger partial charge in [-0.1, -0.05) is 63.5 Å². The van der Waals surface area contributed by atoms with Crippen LogP contribution in [0.15, 0.2) is 48.5 Å². The van der Waals surface area contributed by atoms with Crippen LogP contribution in [-0.4, -0.2) is 6.61 Å². The van der Waals surface area contributed by atoms with Crippen molar-refractivity contribution < 1.29 is 4.74 Å². The first-order valence-corrected chi connectivity index (χ1v) is 9.65. The van der Waals surface area contributed by atoms with Crippen LogP contribution in [0.3, 0.4) is 0 Å². The molecule has 2 aromatic rings. The molecule has 0 aromatic heterocycles. The Balaban J connectivity index is 1.85. The number of hydrogen-bond donors (Lipinski definition) is 0. The van der Waals surface area contributed by atoms with Crippen LogP contribution >= 0.6 is 0 Å². The first kappa shape index (κ1) is 19.1. The van der Waals surface area contributed by atoms with Crippen LogP contribution in [-0.2, 0) is 6.42 Å². The predicted octanol–water partition coefficient (Wildman–Crippen LogP) is 6.39. The summed E-state index contributed by atoms with van der Waals surface area (Å²) in [5, 5.41) is 0. The highest BCUT2D eigenvalue weighted by atomic mass is 16.5. The van der Waals surface area contributed by atoms with Gasteiger partial charge in [-0.15, -0.1) is 0 Å². The maximum atomic E-state index is 5.73. The van der Waals surface area contributed by atoms with E-state index < -0.39 is 0 Å². The number of hydrogen-bond acceptors (Lipinski definition) is 1. The summed E-state index contributed by atoms with van der Waals surface area (Å²) >= 11 is 0. The summed E-state index contributed by atoms with van der Waals surface area (Å²) in [6.07, 6.45) is 8.58. The zero-order chi connectivity index (χ0) is 17.7. The summed E-state index contributed by atoms with van der Waals surface area (Å²) in [7, 11) is 0. The Morgan fingerprint density at radius 3 is 1.84 bits per heavy atom. The van der Waals surface area contributed by atoms with Gasteiger partial charge in [0.1, 0.15) is 5.75 Å². The van der Waals surface area contributed by atoms with Crippen molar-refractivity contribution in [2.75, 3.05) is 6.61 Å². The number of unbranched alkanes of at least 4 members (excludes halogenated alkanes) is 4. The lowest BCUT2D eigenvalue weighted by atomic mass is 10.1. The molecule has 0 fully saturated rings. The van der Waals surface area contributed by atoms with Crippen molar-refractivity contribution in [2.45, 2.75) is 58.8 Å². The summed E-state index contributed by atoms with van der Waals surface area (Å²) in [5.41, 5.74) is 3.50. The molecular weight excluding hydrogens is 304 g/mol. The van der Waals surface area contributed by atoms with E-state index >= 15 is 0 Å². The Kier molecular flexibility index (Phi) is 8.70. The normalized spacial score (nSPS) is 10.2. The van der Waals surface area contributed by atoms with Gasteiger partial charge in [-0.3, -0.25) is 0 Å². The van der Waals surface area contributed by atoms with E-state index in [0.29, 0.717) is 0 Å². The average Bonchev–Trinajstić information content (AvgIpc) is 2.66. The van der Waals surface area contributed by atoms with Crippen molar-refractivity contribution in [1.29, 1.82) is 0 Å². The smallest absolute Gasteiger partial charge is 0.119 e. The van der Waals surface area contributed by atoms with Gasteiger partial charge in [0.2, 0.25) is 0 Å². The maximum absolute atomic E-state index is 5.73. The van der Waals surface area contributed by atoms with Gasteiger partial charge >= 0.3 is 0 Å². The van der Waals surface area contributed by atoms with Crippen molar-refractivity contribution in [3.8, 4) is 17.6 Å². The minimum absolute atomic E-state index is 0.795. The lowest BCUT2D eigenvalue weighted by Crippen LogP contribution is -1.96. The Bertz CT molecular complexity index is 656. The van der Waals surface area contributed by atoms with Gasteiger partial charge in [-0.2, -0.15) is 0 Å². The zero-order valence-corrected chi connectivity index (χ0v) is 15.7. The lowest BCUT2D eigenvalue weighted by Gasteiger charge is -2.05. The first-order chi connectivity index (χ1) is 12.3. The van der Waals surface area contributed by atoms with Crippen molar-refractivity contribution in [3.63, 3.8) is 0 Å². The lowest BCUT2D eigenvalue weighted by molar-refractivity contribution is 0.306. The molecule has 0 saturated heterocycles. The quantitative estimate of drug-likeness (QED) is 0.381. The van der Waals surface area contributed by atoms with E-state index in [1.807, 2.05) is 24.3 Å². The minimum Gasteiger partial charge on any atom is -0.494 e. The number of ether oxygens (including phenoxy) is 1. The Labute approximate surface area is 153 Å². The molecule has 2 aromatic carbocycles. The summed E-state index contributed by atoms with van der Waals surface area (Å²) in [5.74, 6) is 7.40. The maximum Gasteiger partial charge on any atom is 0.119 e. The molecule has 0 amide bonds. The highest BCUT2D eigenvalue weighted by Crippen LogP contribution is 2.13. The molecule has 0 heterocycles. The van der Waals surface area contributed by atoms with E-state index in [0.717, 1.165) is 29.9 Å². The molecule has 0 saturated carbocycles. The third-order valence-electron chi connectivity index (χ3n) is 4.25. The van der Waals surface area contributed by atoms with Gasteiger partial charge in [0.05, 0.1) is 6.61 Å². The molecule has 2 rings (SSSR count). The van der Waals surface area contributed by atoms with Crippen LogP contribution in [0.25, 0.3) is 0 Å². The van der Waals surface area contributed by atoms with Crippen LogP contribution in [0, 0.1) is 11.8 Å². The molecular formula is C24H30O. The molecule has 0 atom stereocenters. The Hall–Kier alpha value is -2.20. The highest BCUT2D eigenvalue weighted by molar-refractivity contribution is 5.44. The van der Waals surface area contributed by atoms with Crippen LogP contribution < -0.4 is 4.74 Å². The SMILES string of the molecule is CCCCCOc1ccc(C#Cc2ccc(CCCCC)cc2)cc1. The number of aryl methyl sites for hydroxylation is 1.